The van der Waals surface area contributed by atoms with Crippen LogP contribution in [0.1, 0.15) is 32.0 Å². The molecule has 0 amide bonds. The molecule has 0 fully saturated rings. The Balaban J connectivity index is 2.21. The second-order valence-electron chi connectivity index (χ2n) is 4.67. The number of anilines is 1. The van der Waals surface area contributed by atoms with E-state index in [9.17, 15) is 0 Å². The summed E-state index contributed by atoms with van der Waals surface area (Å²) in [4.78, 5) is 0. The predicted molar refractivity (Wildman–Crippen MR) is 62.0 cm³/mol. The molecule has 0 bridgehead atoms. The summed E-state index contributed by atoms with van der Waals surface area (Å²) in [5, 5.41) is 7.98. The molecule has 0 aromatic carbocycles. The molecular weight excluding hydrogens is 188 g/mol. The Labute approximate surface area is 90.8 Å². The van der Waals surface area contributed by atoms with E-state index in [0.29, 0.717) is 18.5 Å². The van der Waals surface area contributed by atoms with Crippen molar-refractivity contribution in [3.63, 3.8) is 0 Å². The maximum atomic E-state index is 5.74. The van der Waals surface area contributed by atoms with Gasteiger partial charge in [0.1, 0.15) is 5.82 Å². The van der Waals surface area contributed by atoms with Gasteiger partial charge < -0.3 is 11.1 Å². The summed E-state index contributed by atoms with van der Waals surface area (Å²) in [5.74, 6) is 1.78. The molecule has 3 N–H and O–H groups in total. The fraction of sp³-hybridized carbons (Fsp3) is 0.727. The van der Waals surface area contributed by atoms with E-state index >= 15 is 0 Å². The summed E-state index contributed by atoms with van der Waals surface area (Å²) in [6.07, 6.45) is 2.12. The van der Waals surface area contributed by atoms with Crippen LogP contribution in [0.2, 0.25) is 0 Å². The van der Waals surface area contributed by atoms with Gasteiger partial charge in [-0.15, -0.1) is 0 Å². The van der Waals surface area contributed by atoms with Crippen molar-refractivity contribution in [3.05, 3.63) is 11.8 Å². The van der Waals surface area contributed by atoms with E-state index in [4.69, 9.17) is 5.73 Å². The van der Waals surface area contributed by atoms with E-state index in [-0.39, 0.29) is 0 Å². The van der Waals surface area contributed by atoms with Crippen molar-refractivity contribution in [1.29, 1.82) is 0 Å². The van der Waals surface area contributed by atoms with Crippen LogP contribution in [0.15, 0.2) is 6.07 Å². The van der Waals surface area contributed by atoms with Gasteiger partial charge in [0.05, 0.1) is 11.7 Å². The normalized spacial score (nSPS) is 20.1. The van der Waals surface area contributed by atoms with Crippen LogP contribution in [0.25, 0.3) is 0 Å². The van der Waals surface area contributed by atoms with Crippen molar-refractivity contribution in [2.45, 2.75) is 32.7 Å². The van der Waals surface area contributed by atoms with Crippen molar-refractivity contribution in [1.82, 2.24) is 9.78 Å². The van der Waals surface area contributed by atoms with Crippen LogP contribution in [-0.2, 0) is 6.42 Å². The summed E-state index contributed by atoms with van der Waals surface area (Å²) in [6.45, 7) is 6.12. The highest BCUT2D eigenvalue weighted by Crippen LogP contribution is 2.24. The van der Waals surface area contributed by atoms with Crippen LogP contribution in [-0.4, -0.2) is 22.9 Å². The number of rotatable bonds is 3. The van der Waals surface area contributed by atoms with Crippen molar-refractivity contribution in [3.8, 4) is 0 Å². The fourth-order valence-corrected chi connectivity index (χ4v) is 2.08. The van der Waals surface area contributed by atoms with Gasteiger partial charge in [0.25, 0.3) is 0 Å². The molecule has 2 rings (SSSR count). The van der Waals surface area contributed by atoms with Crippen LogP contribution in [0, 0.1) is 5.92 Å². The standard InChI is InChI=1S/C11H20N4/c1-8(2)5-9-6-11-13-4-3-10(7-12)15(11)14-9/h6,8,10,13H,3-5,7,12H2,1-2H3. The third-order valence-electron chi connectivity index (χ3n) is 2.81. The highest BCUT2D eigenvalue weighted by atomic mass is 15.4. The molecule has 1 aromatic heterocycles. The van der Waals surface area contributed by atoms with Gasteiger partial charge >= 0.3 is 0 Å². The summed E-state index contributed by atoms with van der Waals surface area (Å²) in [7, 11) is 0. The van der Waals surface area contributed by atoms with Crippen molar-refractivity contribution < 1.29 is 0 Å². The average Bonchev–Trinajstić information content (AvgIpc) is 2.58. The average molecular weight is 208 g/mol. The molecule has 84 valence electrons. The molecule has 1 unspecified atom stereocenters. The van der Waals surface area contributed by atoms with Gasteiger partial charge in [-0.2, -0.15) is 5.10 Å². The van der Waals surface area contributed by atoms with Crippen LogP contribution < -0.4 is 11.1 Å². The number of hydrogen-bond acceptors (Lipinski definition) is 3. The van der Waals surface area contributed by atoms with Crippen molar-refractivity contribution in [2.75, 3.05) is 18.4 Å². The highest BCUT2D eigenvalue weighted by Gasteiger charge is 2.20. The van der Waals surface area contributed by atoms with E-state index < -0.39 is 0 Å². The quantitative estimate of drug-likeness (QED) is 0.789. The van der Waals surface area contributed by atoms with Gasteiger partial charge in [-0.25, -0.2) is 4.68 Å². The van der Waals surface area contributed by atoms with Gasteiger partial charge in [-0.1, -0.05) is 13.8 Å². The highest BCUT2D eigenvalue weighted by molar-refractivity contribution is 5.39. The molecule has 1 aliphatic heterocycles. The zero-order chi connectivity index (χ0) is 10.8. The second kappa shape index (κ2) is 4.23. The van der Waals surface area contributed by atoms with Crippen LogP contribution in [0.5, 0.6) is 0 Å². The number of nitrogens with two attached hydrogens (primary N) is 1. The van der Waals surface area contributed by atoms with Crippen molar-refractivity contribution >= 4 is 5.82 Å². The first-order valence-corrected chi connectivity index (χ1v) is 5.73. The topological polar surface area (TPSA) is 55.9 Å². The van der Waals surface area contributed by atoms with Crippen LogP contribution in [0.3, 0.4) is 0 Å². The molecule has 0 saturated carbocycles. The van der Waals surface area contributed by atoms with E-state index in [2.05, 4.69) is 35.0 Å². The second-order valence-corrected chi connectivity index (χ2v) is 4.67. The molecule has 0 spiro atoms. The minimum Gasteiger partial charge on any atom is -0.370 e. The van der Waals surface area contributed by atoms with Crippen molar-refractivity contribution in [2.24, 2.45) is 11.7 Å². The molecule has 1 aromatic rings. The lowest BCUT2D eigenvalue weighted by atomic mass is 10.1. The summed E-state index contributed by atoms with van der Waals surface area (Å²) < 4.78 is 2.06. The SMILES string of the molecule is CC(C)Cc1cc2n(n1)C(CN)CCN2. The molecule has 2 heterocycles. The Bertz CT molecular complexity index is 329. The van der Waals surface area contributed by atoms with E-state index in [0.717, 1.165) is 25.2 Å². The smallest absolute Gasteiger partial charge is 0.124 e. The lowest BCUT2D eigenvalue weighted by molar-refractivity contribution is 0.423. The van der Waals surface area contributed by atoms with Gasteiger partial charge in [-0.05, 0) is 18.8 Å². The maximum absolute atomic E-state index is 5.74. The number of nitrogens with zero attached hydrogens (tertiary/aromatic N) is 2. The third kappa shape index (κ3) is 2.15. The Morgan fingerprint density at radius 3 is 3.13 bits per heavy atom. The van der Waals surface area contributed by atoms with Crippen LogP contribution >= 0.6 is 0 Å². The largest absolute Gasteiger partial charge is 0.370 e. The van der Waals surface area contributed by atoms with E-state index in [1.165, 1.54) is 5.69 Å². The number of nitrogens with one attached hydrogen (secondary N) is 1. The van der Waals surface area contributed by atoms with Gasteiger partial charge in [-0.3, -0.25) is 0 Å². The van der Waals surface area contributed by atoms with Gasteiger partial charge in [0, 0.05) is 19.2 Å². The lowest BCUT2D eigenvalue weighted by Gasteiger charge is -2.24. The number of fused-ring (bicyclic) bond motifs is 1. The van der Waals surface area contributed by atoms with Crippen LogP contribution in [0.4, 0.5) is 5.82 Å². The molecule has 4 nitrogen and oxygen atoms in total. The van der Waals surface area contributed by atoms with E-state index in [1.54, 1.807) is 0 Å². The molecule has 0 radical (unpaired) electrons. The minimum absolute atomic E-state index is 0.377. The molecule has 15 heavy (non-hydrogen) atoms. The molecule has 0 saturated heterocycles. The molecule has 1 aliphatic rings. The zero-order valence-electron chi connectivity index (χ0n) is 9.53. The molecule has 4 heteroatoms. The zero-order valence-corrected chi connectivity index (χ0v) is 9.53. The Morgan fingerprint density at radius 1 is 1.67 bits per heavy atom. The summed E-state index contributed by atoms with van der Waals surface area (Å²) in [5.41, 5.74) is 6.91. The first kappa shape index (κ1) is 10.5. The van der Waals surface area contributed by atoms with Gasteiger partial charge in [0.2, 0.25) is 0 Å². The summed E-state index contributed by atoms with van der Waals surface area (Å²) >= 11 is 0. The maximum Gasteiger partial charge on any atom is 0.124 e. The molecule has 1 atom stereocenters. The Morgan fingerprint density at radius 2 is 2.47 bits per heavy atom. The predicted octanol–water partition coefficient (Wildman–Crippen LogP) is 1.40. The van der Waals surface area contributed by atoms with Gasteiger partial charge in [0.15, 0.2) is 0 Å². The first-order chi connectivity index (χ1) is 7.20. The third-order valence-corrected chi connectivity index (χ3v) is 2.81. The fourth-order valence-electron chi connectivity index (χ4n) is 2.08. The summed E-state index contributed by atoms with van der Waals surface area (Å²) in [6, 6.07) is 2.53. The monoisotopic (exact) mass is 208 g/mol. The number of hydrogen-bond donors (Lipinski definition) is 2. The Kier molecular flexibility index (Phi) is 2.95. The minimum atomic E-state index is 0.377. The first-order valence-electron chi connectivity index (χ1n) is 5.73. The number of aromatic nitrogens is 2. The lowest BCUT2D eigenvalue weighted by Crippen LogP contribution is -2.28. The van der Waals surface area contributed by atoms with E-state index in [1.807, 2.05) is 0 Å². The molecular formula is C11H20N4. The Hall–Kier alpha value is -1.03. The molecule has 0 aliphatic carbocycles.